The van der Waals surface area contributed by atoms with Gasteiger partial charge >= 0.3 is 12.1 Å². The Morgan fingerprint density at radius 2 is 0.824 bits per heavy atom. The molecule has 34 heavy (non-hydrogen) atoms. The molecule has 0 radical (unpaired) electrons. The summed E-state index contributed by atoms with van der Waals surface area (Å²) in [7, 11) is 0. The van der Waals surface area contributed by atoms with Gasteiger partial charge in [-0.3, -0.25) is 40.4 Å². The highest BCUT2D eigenvalue weighted by Crippen LogP contribution is 2.47. The molecule has 2 heterocycles. The summed E-state index contributed by atoms with van der Waals surface area (Å²) in [5.41, 5.74) is -3.89. The first-order chi connectivity index (χ1) is 15.6. The van der Waals surface area contributed by atoms with Crippen molar-refractivity contribution in [2.75, 3.05) is 0 Å². The normalized spacial score (nSPS) is 20.3. The Morgan fingerprint density at radius 3 is 1.06 bits per heavy atom. The van der Waals surface area contributed by atoms with Crippen LogP contribution in [0.3, 0.4) is 0 Å². The summed E-state index contributed by atoms with van der Waals surface area (Å²) in [6.45, 7) is 10.4. The van der Waals surface area contributed by atoms with Crippen LogP contribution in [0.15, 0.2) is 24.3 Å². The van der Waals surface area contributed by atoms with E-state index in [1.54, 1.807) is 65.8 Å². The lowest BCUT2D eigenvalue weighted by Gasteiger charge is -2.45. The molecule has 3 rings (SSSR count). The lowest BCUT2D eigenvalue weighted by molar-refractivity contribution is -0.154. The quantitative estimate of drug-likeness (QED) is 0.491. The van der Waals surface area contributed by atoms with E-state index in [-0.39, 0.29) is 12.8 Å². The van der Waals surface area contributed by atoms with Crippen LogP contribution in [0.5, 0.6) is 0 Å². The lowest BCUT2D eigenvalue weighted by Crippen LogP contribution is -2.68. The molecule has 182 valence electrons. The summed E-state index contributed by atoms with van der Waals surface area (Å²) >= 11 is 0. The zero-order chi connectivity index (χ0) is 25.7. The topological polar surface area (TPSA) is 151 Å². The van der Waals surface area contributed by atoms with E-state index < -0.39 is 57.4 Å². The third kappa shape index (κ3) is 3.76. The molecule has 2 aliphatic rings. The summed E-state index contributed by atoms with van der Waals surface area (Å²) in [4.78, 5) is 75.9. The molecule has 10 nitrogen and oxygen atoms in total. The molecule has 0 bridgehead atoms. The van der Waals surface area contributed by atoms with Gasteiger partial charge in [-0.2, -0.15) is 0 Å². The van der Waals surface area contributed by atoms with Crippen LogP contribution in [-0.2, 0) is 32.0 Å². The Bertz CT molecular complexity index is 982. The molecule has 0 saturated carbocycles. The minimum Gasteiger partial charge on any atom is -0.277 e. The summed E-state index contributed by atoms with van der Waals surface area (Å²) in [5, 5.41) is 8.81. The zero-order valence-corrected chi connectivity index (χ0v) is 20.2. The molecule has 2 fully saturated rings. The molecular weight excluding hydrogens is 440 g/mol. The molecule has 1 aromatic carbocycles. The Labute approximate surface area is 197 Å². The lowest BCUT2D eigenvalue weighted by atomic mass is 9.59. The molecule has 10 heteroatoms. The van der Waals surface area contributed by atoms with Gasteiger partial charge < -0.3 is 0 Å². The number of amides is 8. The molecule has 0 aliphatic carbocycles. The van der Waals surface area contributed by atoms with Gasteiger partial charge in [0.1, 0.15) is 10.8 Å². The highest BCUT2D eigenvalue weighted by molar-refractivity contribution is 6.20. The van der Waals surface area contributed by atoms with Crippen molar-refractivity contribution in [3.63, 3.8) is 0 Å². The average Bonchev–Trinajstić information content (AvgIpc) is 2.66. The Kier molecular flexibility index (Phi) is 5.92. The summed E-state index contributed by atoms with van der Waals surface area (Å²) in [6.07, 6.45) is -0.139. The van der Waals surface area contributed by atoms with Crippen molar-refractivity contribution in [3.8, 4) is 0 Å². The molecule has 0 unspecified atom stereocenters. The maximum Gasteiger partial charge on any atom is 0.328 e. The van der Waals surface area contributed by atoms with E-state index in [0.29, 0.717) is 11.1 Å². The Balaban J connectivity index is 2.13. The van der Waals surface area contributed by atoms with E-state index >= 15 is 0 Å². The monoisotopic (exact) mass is 470 g/mol. The highest BCUT2D eigenvalue weighted by Gasteiger charge is 2.60. The molecule has 1 aromatic rings. The Hall–Kier alpha value is -3.56. The van der Waals surface area contributed by atoms with Gasteiger partial charge in [0, 0.05) is 0 Å². The highest BCUT2D eigenvalue weighted by atomic mass is 16.2. The number of benzene rings is 1. The van der Waals surface area contributed by atoms with E-state index in [0.717, 1.165) is 0 Å². The van der Waals surface area contributed by atoms with Crippen LogP contribution in [0.2, 0.25) is 0 Å². The third-order valence-electron chi connectivity index (χ3n) is 7.05. The standard InChI is InChI=1S/C24H30N4O6/c1-21(2,3)23(15(29)25-19(33)26-16(23)30)11-13-9-7-8-10-14(13)12-24(22(4,5)6)17(31)27-20(34)28-18(24)32/h7-10H,11-12H2,1-6H3,(H2,25,26,29,30,33)(H2,27,28,31,32,34). The summed E-state index contributed by atoms with van der Waals surface area (Å²) < 4.78 is 0. The number of barbiturate groups is 2. The van der Waals surface area contributed by atoms with Gasteiger partial charge in [0.05, 0.1) is 0 Å². The van der Waals surface area contributed by atoms with E-state index in [1.807, 2.05) is 0 Å². The van der Waals surface area contributed by atoms with Crippen LogP contribution in [0, 0.1) is 21.7 Å². The first-order valence-electron chi connectivity index (χ1n) is 11.0. The van der Waals surface area contributed by atoms with Gasteiger partial charge in [0.25, 0.3) is 0 Å². The van der Waals surface area contributed by atoms with Crippen LogP contribution >= 0.6 is 0 Å². The molecular formula is C24H30N4O6. The zero-order valence-electron chi connectivity index (χ0n) is 20.2. The number of urea groups is 2. The number of hydrogen-bond donors (Lipinski definition) is 4. The van der Waals surface area contributed by atoms with Crippen LogP contribution in [0.25, 0.3) is 0 Å². The maximum atomic E-state index is 13.1. The molecule has 0 atom stereocenters. The number of carbonyl (C=O) groups excluding carboxylic acids is 6. The van der Waals surface area contributed by atoms with Crippen molar-refractivity contribution in [1.82, 2.24) is 21.3 Å². The van der Waals surface area contributed by atoms with E-state index in [9.17, 15) is 28.8 Å². The van der Waals surface area contributed by atoms with E-state index in [2.05, 4.69) is 21.3 Å². The number of nitrogens with one attached hydrogen (secondary N) is 4. The predicted molar refractivity (Wildman–Crippen MR) is 121 cm³/mol. The van der Waals surface area contributed by atoms with Gasteiger partial charge in [-0.15, -0.1) is 0 Å². The fourth-order valence-electron chi connectivity index (χ4n) is 4.80. The van der Waals surface area contributed by atoms with Gasteiger partial charge in [-0.1, -0.05) is 65.8 Å². The molecule has 8 amide bonds. The maximum absolute atomic E-state index is 13.1. The smallest absolute Gasteiger partial charge is 0.277 e. The van der Waals surface area contributed by atoms with Crippen molar-refractivity contribution >= 4 is 35.7 Å². The molecule has 2 aliphatic heterocycles. The second-order valence-corrected chi connectivity index (χ2v) is 10.9. The van der Waals surface area contributed by atoms with Crippen molar-refractivity contribution in [2.45, 2.75) is 54.4 Å². The van der Waals surface area contributed by atoms with Crippen molar-refractivity contribution < 1.29 is 28.8 Å². The predicted octanol–water partition coefficient (Wildman–Crippen LogP) is 1.57. The van der Waals surface area contributed by atoms with Crippen molar-refractivity contribution in [3.05, 3.63) is 35.4 Å². The first-order valence-corrected chi connectivity index (χ1v) is 11.0. The SMILES string of the molecule is CC(C)(C)C1(Cc2ccccc2CC2(C(C)(C)C)C(=O)NC(=O)NC2=O)C(=O)NC(=O)NC1=O. The van der Waals surface area contributed by atoms with Crippen LogP contribution in [0.1, 0.15) is 52.7 Å². The molecule has 2 saturated heterocycles. The Morgan fingerprint density at radius 1 is 0.559 bits per heavy atom. The summed E-state index contributed by atoms with van der Waals surface area (Å²) in [6, 6.07) is 5.14. The fourth-order valence-corrected chi connectivity index (χ4v) is 4.80. The minimum absolute atomic E-state index is 0.0694. The fraction of sp³-hybridized carbons (Fsp3) is 0.500. The van der Waals surface area contributed by atoms with Crippen molar-refractivity contribution in [1.29, 1.82) is 0 Å². The van der Waals surface area contributed by atoms with E-state index in [1.165, 1.54) is 0 Å². The first kappa shape index (κ1) is 25.1. The van der Waals surface area contributed by atoms with Gasteiger partial charge in [0.15, 0.2) is 0 Å². The minimum atomic E-state index is -1.63. The molecule has 0 aromatic heterocycles. The molecule has 4 N–H and O–H groups in total. The summed E-state index contributed by atoms with van der Waals surface area (Å²) in [5.74, 6) is -2.86. The van der Waals surface area contributed by atoms with Crippen LogP contribution in [-0.4, -0.2) is 35.7 Å². The van der Waals surface area contributed by atoms with Gasteiger partial charge in [-0.05, 0) is 34.8 Å². The van der Waals surface area contributed by atoms with Crippen molar-refractivity contribution in [2.24, 2.45) is 21.7 Å². The average molecular weight is 471 g/mol. The third-order valence-corrected chi connectivity index (χ3v) is 7.05. The second-order valence-electron chi connectivity index (χ2n) is 10.9. The van der Waals surface area contributed by atoms with E-state index in [4.69, 9.17) is 0 Å². The van der Waals surface area contributed by atoms with Crippen LogP contribution in [0.4, 0.5) is 9.59 Å². The second kappa shape index (κ2) is 8.03. The van der Waals surface area contributed by atoms with Gasteiger partial charge in [0.2, 0.25) is 23.6 Å². The molecule has 0 spiro atoms. The van der Waals surface area contributed by atoms with Crippen LogP contribution < -0.4 is 21.3 Å². The number of hydrogen-bond acceptors (Lipinski definition) is 6. The van der Waals surface area contributed by atoms with Gasteiger partial charge in [-0.25, -0.2) is 9.59 Å². The number of carbonyl (C=O) groups is 6. The number of imide groups is 4. The largest absolute Gasteiger partial charge is 0.328 e. The number of rotatable bonds is 4.